The van der Waals surface area contributed by atoms with Crippen LogP contribution < -0.4 is 5.73 Å². The van der Waals surface area contributed by atoms with E-state index < -0.39 is 0 Å². The Labute approximate surface area is 93.8 Å². The van der Waals surface area contributed by atoms with Crippen molar-refractivity contribution < 1.29 is 5.11 Å². The van der Waals surface area contributed by atoms with E-state index in [2.05, 4.69) is 9.97 Å². The van der Waals surface area contributed by atoms with E-state index >= 15 is 0 Å². The van der Waals surface area contributed by atoms with E-state index in [0.717, 1.165) is 5.56 Å². The average molecular weight is 215 g/mol. The molecule has 0 saturated carbocycles. The SMILES string of the molecule is NC(Cc1cccc(O)c1)c1ncccn1. The average Bonchev–Trinajstić information content (AvgIpc) is 2.30. The predicted octanol–water partition coefficient (Wildman–Crippen LogP) is 1.42. The van der Waals surface area contributed by atoms with Crippen LogP contribution in [-0.4, -0.2) is 15.1 Å². The summed E-state index contributed by atoms with van der Waals surface area (Å²) in [6.07, 6.45) is 3.95. The van der Waals surface area contributed by atoms with E-state index in [4.69, 9.17) is 5.73 Å². The second-order valence-electron chi connectivity index (χ2n) is 3.59. The molecule has 1 aromatic heterocycles. The standard InChI is InChI=1S/C12H13N3O/c13-11(12-14-5-2-6-15-12)8-9-3-1-4-10(16)7-9/h1-7,11,16H,8,13H2. The molecule has 0 bridgehead atoms. The molecule has 0 aliphatic carbocycles. The van der Waals surface area contributed by atoms with Crippen LogP contribution in [0, 0.1) is 0 Å². The van der Waals surface area contributed by atoms with Crippen molar-refractivity contribution in [2.45, 2.75) is 12.5 Å². The number of phenolic OH excluding ortho intramolecular Hbond substituents is 1. The van der Waals surface area contributed by atoms with Gasteiger partial charge in [0, 0.05) is 12.4 Å². The third-order valence-corrected chi connectivity index (χ3v) is 2.28. The van der Waals surface area contributed by atoms with Crippen LogP contribution in [-0.2, 0) is 6.42 Å². The largest absolute Gasteiger partial charge is 0.508 e. The van der Waals surface area contributed by atoms with Crippen LogP contribution in [0.3, 0.4) is 0 Å². The number of benzene rings is 1. The van der Waals surface area contributed by atoms with Crippen molar-refractivity contribution in [2.24, 2.45) is 5.73 Å². The van der Waals surface area contributed by atoms with Gasteiger partial charge >= 0.3 is 0 Å². The summed E-state index contributed by atoms with van der Waals surface area (Å²) in [4.78, 5) is 8.20. The lowest BCUT2D eigenvalue weighted by atomic mass is 10.1. The first-order valence-corrected chi connectivity index (χ1v) is 5.06. The van der Waals surface area contributed by atoms with E-state index in [1.165, 1.54) is 0 Å². The Bertz CT molecular complexity index is 459. The Kier molecular flexibility index (Phi) is 3.12. The molecule has 0 aliphatic rings. The van der Waals surface area contributed by atoms with Gasteiger partial charge in [-0.3, -0.25) is 0 Å². The van der Waals surface area contributed by atoms with Crippen LogP contribution in [0.4, 0.5) is 0 Å². The van der Waals surface area contributed by atoms with Crippen molar-refractivity contribution in [3.8, 4) is 5.75 Å². The molecule has 1 aromatic carbocycles. The molecule has 0 amide bonds. The summed E-state index contributed by atoms with van der Waals surface area (Å²) in [6, 6.07) is 8.55. The molecule has 0 radical (unpaired) electrons. The van der Waals surface area contributed by atoms with Crippen molar-refractivity contribution in [3.63, 3.8) is 0 Å². The Morgan fingerprint density at radius 2 is 1.94 bits per heavy atom. The van der Waals surface area contributed by atoms with Gasteiger partial charge in [-0.2, -0.15) is 0 Å². The molecular weight excluding hydrogens is 202 g/mol. The quantitative estimate of drug-likeness (QED) is 0.812. The van der Waals surface area contributed by atoms with Gasteiger partial charge in [0.15, 0.2) is 0 Å². The van der Waals surface area contributed by atoms with Crippen LogP contribution in [0.2, 0.25) is 0 Å². The van der Waals surface area contributed by atoms with E-state index in [0.29, 0.717) is 12.2 Å². The highest BCUT2D eigenvalue weighted by Gasteiger charge is 2.09. The van der Waals surface area contributed by atoms with Gasteiger partial charge in [0.05, 0.1) is 6.04 Å². The summed E-state index contributed by atoms with van der Waals surface area (Å²) >= 11 is 0. The first kappa shape index (κ1) is 10.6. The van der Waals surface area contributed by atoms with Gasteiger partial charge < -0.3 is 10.8 Å². The van der Waals surface area contributed by atoms with Crippen LogP contribution in [0.25, 0.3) is 0 Å². The molecule has 0 saturated heterocycles. The van der Waals surface area contributed by atoms with Crippen molar-refractivity contribution in [1.82, 2.24) is 9.97 Å². The van der Waals surface area contributed by atoms with Crippen LogP contribution in [0.15, 0.2) is 42.7 Å². The highest BCUT2D eigenvalue weighted by atomic mass is 16.3. The summed E-state index contributed by atoms with van der Waals surface area (Å²) in [6.45, 7) is 0. The van der Waals surface area contributed by atoms with E-state index in [9.17, 15) is 5.11 Å². The van der Waals surface area contributed by atoms with Crippen LogP contribution in [0.1, 0.15) is 17.4 Å². The monoisotopic (exact) mass is 215 g/mol. The molecule has 1 unspecified atom stereocenters. The molecular formula is C12H13N3O. The molecule has 0 spiro atoms. The summed E-state index contributed by atoms with van der Waals surface area (Å²) in [5.74, 6) is 0.865. The number of hydrogen-bond donors (Lipinski definition) is 2. The molecule has 0 aliphatic heterocycles. The fourth-order valence-electron chi connectivity index (χ4n) is 1.53. The summed E-state index contributed by atoms with van der Waals surface area (Å²) in [5.41, 5.74) is 6.94. The molecule has 4 nitrogen and oxygen atoms in total. The zero-order valence-electron chi connectivity index (χ0n) is 8.74. The number of aromatic nitrogens is 2. The van der Waals surface area contributed by atoms with Crippen LogP contribution in [0.5, 0.6) is 5.75 Å². The molecule has 16 heavy (non-hydrogen) atoms. The summed E-state index contributed by atoms with van der Waals surface area (Å²) in [5, 5.41) is 9.32. The Balaban J connectivity index is 2.11. The maximum Gasteiger partial charge on any atom is 0.145 e. The summed E-state index contributed by atoms with van der Waals surface area (Å²) < 4.78 is 0. The fraction of sp³-hybridized carbons (Fsp3) is 0.167. The van der Waals surface area contributed by atoms with E-state index in [1.807, 2.05) is 6.07 Å². The number of nitrogens with two attached hydrogens (primary N) is 1. The van der Waals surface area contributed by atoms with Crippen molar-refractivity contribution in [2.75, 3.05) is 0 Å². The minimum atomic E-state index is -0.247. The minimum absolute atomic E-state index is 0.247. The Hall–Kier alpha value is -1.94. The maximum absolute atomic E-state index is 9.32. The zero-order chi connectivity index (χ0) is 11.4. The number of aromatic hydroxyl groups is 1. The number of hydrogen-bond acceptors (Lipinski definition) is 4. The van der Waals surface area contributed by atoms with E-state index in [-0.39, 0.29) is 11.8 Å². The van der Waals surface area contributed by atoms with Crippen molar-refractivity contribution in [1.29, 1.82) is 0 Å². The topological polar surface area (TPSA) is 72.0 Å². The third kappa shape index (κ3) is 2.55. The van der Waals surface area contributed by atoms with Gasteiger partial charge in [0.1, 0.15) is 11.6 Å². The molecule has 82 valence electrons. The van der Waals surface area contributed by atoms with Crippen molar-refractivity contribution >= 4 is 0 Å². The Morgan fingerprint density at radius 1 is 1.19 bits per heavy atom. The number of rotatable bonds is 3. The van der Waals surface area contributed by atoms with Gasteiger partial charge in [0.25, 0.3) is 0 Å². The molecule has 2 aromatic rings. The van der Waals surface area contributed by atoms with Crippen LogP contribution >= 0.6 is 0 Å². The second-order valence-corrected chi connectivity index (χ2v) is 3.59. The second kappa shape index (κ2) is 4.72. The Morgan fingerprint density at radius 3 is 2.62 bits per heavy atom. The van der Waals surface area contributed by atoms with Gasteiger partial charge in [0.2, 0.25) is 0 Å². The van der Waals surface area contributed by atoms with Crippen molar-refractivity contribution in [3.05, 3.63) is 54.1 Å². The lowest BCUT2D eigenvalue weighted by Gasteiger charge is -2.09. The lowest BCUT2D eigenvalue weighted by Crippen LogP contribution is -2.16. The van der Waals surface area contributed by atoms with Gasteiger partial charge in [-0.05, 0) is 30.2 Å². The molecule has 3 N–H and O–H groups in total. The third-order valence-electron chi connectivity index (χ3n) is 2.28. The molecule has 4 heteroatoms. The highest BCUT2D eigenvalue weighted by Crippen LogP contribution is 2.16. The maximum atomic E-state index is 9.32. The smallest absolute Gasteiger partial charge is 0.145 e. The number of phenols is 1. The zero-order valence-corrected chi connectivity index (χ0v) is 8.74. The molecule has 1 atom stereocenters. The fourth-order valence-corrected chi connectivity index (χ4v) is 1.53. The van der Waals surface area contributed by atoms with Gasteiger partial charge in [-0.25, -0.2) is 9.97 Å². The van der Waals surface area contributed by atoms with Gasteiger partial charge in [-0.1, -0.05) is 12.1 Å². The molecule has 0 fully saturated rings. The highest BCUT2D eigenvalue weighted by molar-refractivity contribution is 5.28. The lowest BCUT2D eigenvalue weighted by molar-refractivity contribution is 0.474. The normalized spacial score (nSPS) is 12.3. The minimum Gasteiger partial charge on any atom is -0.508 e. The van der Waals surface area contributed by atoms with Gasteiger partial charge in [-0.15, -0.1) is 0 Å². The first-order chi connectivity index (χ1) is 7.75. The molecule has 1 heterocycles. The summed E-state index contributed by atoms with van der Waals surface area (Å²) in [7, 11) is 0. The first-order valence-electron chi connectivity index (χ1n) is 5.06. The predicted molar refractivity (Wildman–Crippen MR) is 60.8 cm³/mol. The van der Waals surface area contributed by atoms with E-state index in [1.54, 1.807) is 36.7 Å². The number of nitrogens with zero attached hydrogens (tertiary/aromatic N) is 2. The molecule has 2 rings (SSSR count).